The molecular weight excluding hydrogens is 184 g/mol. The molecule has 0 aromatic carbocycles. The fourth-order valence-electron chi connectivity index (χ4n) is 4.02. The molecule has 0 saturated heterocycles. The fourth-order valence-corrected chi connectivity index (χ4v) is 4.02. The molecule has 0 N–H and O–H groups in total. The lowest BCUT2D eigenvalue weighted by Gasteiger charge is -2.42. The van der Waals surface area contributed by atoms with Gasteiger partial charge in [0.15, 0.2) is 5.78 Å². The highest BCUT2D eigenvalue weighted by atomic mass is 16.1. The molecular formula is C14H20O. The lowest BCUT2D eigenvalue weighted by atomic mass is 9.62. The number of ketones is 1. The average molecular weight is 204 g/mol. The average Bonchev–Trinajstić information content (AvgIpc) is 2.30. The molecule has 82 valence electrons. The maximum Gasteiger partial charge on any atom is 0.159 e. The maximum absolute atomic E-state index is 12.0. The van der Waals surface area contributed by atoms with E-state index in [1.165, 1.54) is 56.9 Å². The fraction of sp³-hybridized carbons (Fsp3) is 0.786. The summed E-state index contributed by atoms with van der Waals surface area (Å²) in [5, 5.41) is 0. The standard InChI is InChI=1S/C14H20O/c15-14-9-10-5-1-2-6-11(10)12-7-3-4-8-13(12)14/h9,11-13H,1-8H2/t11-,12+,13+/m0/s1. The van der Waals surface area contributed by atoms with Gasteiger partial charge in [-0.15, -0.1) is 0 Å². The molecule has 2 saturated carbocycles. The third-order valence-electron chi connectivity index (χ3n) is 4.74. The summed E-state index contributed by atoms with van der Waals surface area (Å²) in [5.41, 5.74) is 1.51. The summed E-state index contributed by atoms with van der Waals surface area (Å²) in [4.78, 5) is 12.0. The van der Waals surface area contributed by atoms with Crippen LogP contribution in [0.25, 0.3) is 0 Å². The van der Waals surface area contributed by atoms with Crippen LogP contribution in [0.15, 0.2) is 11.6 Å². The summed E-state index contributed by atoms with van der Waals surface area (Å²) >= 11 is 0. The van der Waals surface area contributed by atoms with E-state index in [1.807, 2.05) is 6.08 Å². The van der Waals surface area contributed by atoms with Gasteiger partial charge in [0, 0.05) is 5.92 Å². The van der Waals surface area contributed by atoms with Crippen molar-refractivity contribution in [3.63, 3.8) is 0 Å². The van der Waals surface area contributed by atoms with E-state index in [2.05, 4.69) is 0 Å². The van der Waals surface area contributed by atoms with Crippen LogP contribution in [0.2, 0.25) is 0 Å². The Morgan fingerprint density at radius 1 is 0.933 bits per heavy atom. The minimum absolute atomic E-state index is 0.408. The van der Waals surface area contributed by atoms with Gasteiger partial charge in [0.05, 0.1) is 0 Å². The minimum atomic E-state index is 0.408. The van der Waals surface area contributed by atoms with E-state index in [1.54, 1.807) is 0 Å². The summed E-state index contributed by atoms with van der Waals surface area (Å²) in [6.45, 7) is 0. The highest BCUT2D eigenvalue weighted by Crippen LogP contribution is 2.47. The predicted molar refractivity (Wildman–Crippen MR) is 60.5 cm³/mol. The van der Waals surface area contributed by atoms with Gasteiger partial charge in [-0.25, -0.2) is 0 Å². The zero-order valence-electron chi connectivity index (χ0n) is 9.37. The Labute approximate surface area is 91.9 Å². The summed E-state index contributed by atoms with van der Waals surface area (Å²) in [6, 6.07) is 0. The molecule has 0 bridgehead atoms. The van der Waals surface area contributed by atoms with Crippen LogP contribution < -0.4 is 0 Å². The van der Waals surface area contributed by atoms with Crippen LogP contribution >= 0.6 is 0 Å². The Hall–Kier alpha value is -0.590. The van der Waals surface area contributed by atoms with E-state index in [4.69, 9.17) is 0 Å². The van der Waals surface area contributed by atoms with Crippen molar-refractivity contribution in [3.05, 3.63) is 11.6 Å². The van der Waals surface area contributed by atoms with Crippen LogP contribution in [0.4, 0.5) is 0 Å². The van der Waals surface area contributed by atoms with E-state index in [9.17, 15) is 4.79 Å². The maximum atomic E-state index is 12.0. The summed E-state index contributed by atoms with van der Waals surface area (Å²) in [7, 11) is 0. The van der Waals surface area contributed by atoms with Gasteiger partial charge in [-0.05, 0) is 50.0 Å². The second kappa shape index (κ2) is 3.77. The molecule has 0 heterocycles. The normalized spacial score (nSPS) is 40.4. The number of allylic oxidation sites excluding steroid dienone is 2. The monoisotopic (exact) mass is 204 g/mol. The van der Waals surface area contributed by atoms with Gasteiger partial charge < -0.3 is 0 Å². The number of fused-ring (bicyclic) bond motifs is 3. The predicted octanol–water partition coefficient (Wildman–Crippen LogP) is 3.49. The molecule has 0 aliphatic heterocycles. The van der Waals surface area contributed by atoms with Crippen molar-refractivity contribution in [1.82, 2.24) is 0 Å². The molecule has 3 aliphatic rings. The lowest BCUT2D eigenvalue weighted by Crippen LogP contribution is -2.37. The van der Waals surface area contributed by atoms with Gasteiger partial charge in [-0.2, -0.15) is 0 Å². The zero-order chi connectivity index (χ0) is 10.3. The first-order valence-electron chi connectivity index (χ1n) is 6.60. The van der Waals surface area contributed by atoms with Crippen LogP contribution in [0.1, 0.15) is 51.4 Å². The highest BCUT2D eigenvalue weighted by molar-refractivity contribution is 5.93. The minimum Gasteiger partial charge on any atom is -0.295 e. The van der Waals surface area contributed by atoms with E-state index < -0.39 is 0 Å². The van der Waals surface area contributed by atoms with Gasteiger partial charge in [0.1, 0.15) is 0 Å². The first kappa shape index (κ1) is 9.62. The second-order valence-electron chi connectivity index (χ2n) is 5.53. The van der Waals surface area contributed by atoms with Crippen molar-refractivity contribution in [2.24, 2.45) is 17.8 Å². The molecule has 1 nitrogen and oxygen atoms in total. The van der Waals surface area contributed by atoms with Gasteiger partial charge >= 0.3 is 0 Å². The molecule has 3 rings (SSSR count). The van der Waals surface area contributed by atoms with E-state index in [-0.39, 0.29) is 0 Å². The Morgan fingerprint density at radius 2 is 1.67 bits per heavy atom. The SMILES string of the molecule is O=C1C=C2CCCC[C@@H]2[C@H]2CCCC[C@@H]12. The van der Waals surface area contributed by atoms with Crippen LogP contribution in [-0.2, 0) is 4.79 Å². The van der Waals surface area contributed by atoms with E-state index in [0.29, 0.717) is 11.7 Å². The summed E-state index contributed by atoms with van der Waals surface area (Å²) in [6.07, 6.45) is 12.4. The summed E-state index contributed by atoms with van der Waals surface area (Å²) < 4.78 is 0. The van der Waals surface area contributed by atoms with Gasteiger partial charge in [0.25, 0.3) is 0 Å². The number of hydrogen-bond donors (Lipinski definition) is 0. The van der Waals surface area contributed by atoms with Crippen molar-refractivity contribution in [2.75, 3.05) is 0 Å². The molecule has 0 unspecified atom stereocenters. The van der Waals surface area contributed by atoms with Gasteiger partial charge in [-0.1, -0.05) is 24.8 Å². The molecule has 0 radical (unpaired) electrons. The smallest absolute Gasteiger partial charge is 0.159 e. The number of carbonyl (C=O) groups excluding carboxylic acids is 1. The van der Waals surface area contributed by atoms with Crippen molar-refractivity contribution in [3.8, 4) is 0 Å². The van der Waals surface area contributed by atoms with Crippen LogP contribution in [0.3, 0.4) is 0 Å². The summed E-state index contributed by atoms with van der Waals surface area (Å²) in [5.74, 6) is 2.40. The molecule has 15 heavy (non-hydrogen) atoms. The van der Waals surface area contributed by atoms with Crippen molar-refractivity contribution in [2.45, 2.75) is 51.4 Å². The number of carbonyl (C=O) groups is 1. The number of rotatable bonds is 0. The van der Waals surface area contributed by atoms with E-state index >= 15 is 0 Å². The molecule has 0 aromatic rings. The Balaban J connectivity index is 1.91. The van der Waals surface area contributed by atoms with Crippen molar-refractivity contribution < 1.29 is 4.79 Å². The third kappa shape index (κ3) is 1.56. The Morgan fingerprint density at radius 3 is 2.60 bits per heavy atom. The van der Waals surface area contributed by atoms with Crippen molar-refractivity contribution >= 4 is 5.78 Å². The third-order valence-corrected chi connectivity index (χ3v) is 4.74. The topological polar surface area (TPSA) is 17.1 Å². The molecule has 3 aliphatic carbocycles. The number of hydrogen-bond acceptors (Lipinski definition) is 1. The lowest BCUT2D eigenvalue weighted by molar-refractivity contribution is -0.122. The zero-order valence-corrected chi connectivity index (χ0v) is 9.37. The van der Waals surface area contributed by atoms with E-state index in [0.717, 1.165) is 11.8 Å². The van der Waals surface area contributed by atoms with Crippen LogP contribution in [-0.4, -0.2) is 5.78 Å². The van der Waals surface area contributed by atoms with Crippen LogP contribution in [0, 0.1) is 17.8 Å². The van der Waals surface area contributed by atoms with Gasteiger partial charge in [0.2, 0.25) is 0 Å². The van der Waals surface area contributed by atoms with Crippen LogP contribution in [0.5, 0.6) is 0 Å². The molecule has 0 spiro atoms. The molecule has 2 fully saturated rings. The quantitative estimate of drug-likeness (QED) is 0.590. The Bertz CT molecular complexity index is 302. The molecule has 3 atom stereocenters. The first-order chi connectivity index (χ1) is 7.36. The molecule has 0 amide bonds. The molecule has 0 aromatic heterocycles. The first-order valence-corrected chi connectivity index (χ1v) is 6.60. The molecule has 1 heteroatoms. The highest BCUT2D eigenvalue weighted by Gasteiger charge is 2.40. The second-order valence-corrected chi connectivity index (χ2v) is 5.53. The van der Waals surface area contributed by atoms with Gasteiger partial charge in [-0.3, -0.25) is 4.79 Å². The van der Waals surface area contributed by atoms with Crippen molar-refractivity contribution in [1.29, 1.82) is 0 Å². The largest absolute Gasteiger partial charge is 0.295 e. The Kier molecular flexibility index (Phi) is 2.42.